The van der Waals surface area contributed by atoms with Gasteiger partial charge < -0.3 is 37.2 Å². The summed E-state index contributed by atoms with van der Waals surface area (Å²) in [6.07, 6.45) is 0. The molecule has 0 aromatic heterocycles. The Morgan fingerprint density at radius 1 is 1.22 bits per heavy atom. The van der Waals surface area contributed by atoms with E-state index >= 15 is 0 Å². The Morgan fingerprint density at radius 2 is 1.56 bits per heavy atom. The zero-order valence-corrected chi connectivity index (χ0v) is 14.4. The molecule has 0 aromatic rings. The van der Waals surface area contributed by atoms with Crippen molar-refractivity contribution in [2.45, 2.75) is 0 Å². The van der Waals surface area contributed by atoms with E-state index in [2.05, 4.69) is 8.05 Å². The zero-order valence-electron chi connectivity index (χ0n) is 4.31. The quantitative estimate of drug-likeness (QED) is 0.258. The molecule has 6 heteroatoms. The summed E-state index contributed by atoms with van der Waals surface area (Å²) < 4.78 is 9.40. The van der Waals surface area contributed by atoms with E-state index in [0.29, 0.717) is 0 Å². The molecule has 0 bridgehead atoms. The molecule has 0 amide bonds. The van der Waals surface area contributed by atoms with Gasteiger partial charge in [0.05, 0.1) is 0 Å². The van der Waals surface area contributed by atoms with Crippen molar-refractivity contribution < 1.29 is 63.4 Å². The minimum Gasteiger partial charge on any atom is -1.00 e. The van der Waals surface area contributed by atoms with Crippen LogP contribution in [-0.2, 0) is 26.2 Å². The van der Waals surface area contributed by atoms with Crippen LogP contribution in [0.25, 0.3) is 0 Å². The minimum absolute atomic E-state index is 0. The Balaban J connectivity index is -0.0000000133. The van der Waals surface area contributed by atoms with Gasteiger partial charge in [-0.05, 0) is 0 Å². The van der Waals surface area contributed by atoms with Crippen molar-refractivity contribution >= 4 is 48.6 Å². The number of hydrogen-bond acceptors (Lipinski definition) is 0. The third kappa shape index (κ3) is 35.6. The molecule has 0 N–H and O–H groups in total. The van der Waals surface area contributed by atoms with Crippen LogP contribution in [-0.4, -0.2) is 48.6 Å². The molecule has 0 fully saturated rings. The molecule has 9 heavy (non-hydrogen) atoms. The molecule has 0 spiro atoms. The van der Waals surface area contributed by atoms with E-state index in [1.165, 1.54) is 23.0 Å². The van der Waals surface area contributed by atoms with Gasteiger partial charge in [0.25, 0.3) is 0 Å². The fraction of sp³-hybridized carbons (Fsp3) is 0. The fourth-order valence-corrected chi connectivity index (χ4v) is 1.94. The molecule has 0 nitrogen and oxygen atoms in total. The number of hydrogen-bond donors (Lipinski definition) is 0. The monoisotopic (exact) mass is 477 g/mol. The SMILES string of the molecule is [CH-]=[Sb][CH]=[CH][SbH].[Cl-].[Cl-].[Cl-].[Zr+4]. The largest absolute Gasteiger partial charge is 4.00 e. The maximum Gasteiger partial charge on any atom is 4.00 e. The van der Waals surface area contributed by atoms with Crippen LogP contribution in [0, 0.1) is 0 Å². The van der Waals surface area contributed by atoms with Crippen molar-refractivity contribution in [1.82, 2.24) is 0 Å². The zero-order chi connectivity index (χ0) is 4.12. The minimum atomic E-state index is -0.318. The van der Waals surface area contributed by atoms with Crippen molar-refractivity contribution in [3.8, 4) is 0 Å². The van der Waals surface area contributed by atoms with E-state index in [1.807, 2.05) is 0 Å². The van der Waals surface area contributed by atoms with Gasteiger partial charge in [0.15, 0.2) is 0 Å². The molecular formula is C3H4Cl3Sb2Zr. The molecule has 0 saturated carbocycles. The van der Waals surface area contributed by atoms with Crippen molar-refractivity contribution in [2.75, 3.05) is 0 Å². The van der Waals surface area contributed by atoms with E-state index in [1.54, 1.807) is 0 Å². The molecule has 0 aliphatic carbocycles. The Hall–Kier alpha value is 3.00. The molecular weight excluding hydrogens is 477 g/mol. The van der Waals surface area contributed by atoms with E-state index in [0.717, 1.165) is 0 Å². The van der Waals surface area contributed by atoms with E-state index in [-0.39, 0.29) is 84.6 Å². The third-order valence-corrected chi connectivity index (χ3v) is 3.93. The van der Waals surface area contributed by atoms with Gasteiger partial charge in [0, 0.05) is 0 Å². The van der Waals surface area contributed by atoms with E-state index < -0.39 is 0 Å². The van der Waals surface area contributed by atoms with Crippen LogP contribution in [0.1, 0.15) is 0 Å². The Bertz CT molecular complexity index is 59.0. The first-order valence-corrected chi connectivity index (χ1v) is 5.73. The smallest absolute Gasteiger partial charge is 1.00 e. The predicted octanol–water partition coefficient (Wildman–Crippen LogP) is -9.62. The second-order valence-corrected chi connectivity index (χ2v) is 3.12. The van der Waals surface area contributed by atoms with Gasteiger partial charge in [-0.1, -0.05) is 0 Å². The molecule has 0 saturated heterocycles. The average Bonchev–Trinajstić information content (AvgIpc) is 1.41. The summed E-state index contributed by atoms with van der Waals surface area (Å²) >= 11 is 1.14. The van der Waals surface area contributed by atoms with Crippen molar-refractivity contribution in [2.24, 2.45) is 0 Å². The van der Waals surface area contributed by atoms with Gasteiger partial charge in [-0.25, -0.2) is 0 Å². The Labute approximate surface area is 118 Å². The summed E-state index contributed by atoms with van der Waals surface area (Å²) in [4.78, 5) is 0. The van der Waals surface area contributed by atoms with Crippen LogP contribution in [0.2, 0.25) is 0 Å². The van der Waals surface area contributed by atoms with Crippen molar-refractivity contribution in [3.63, 3.8) is 0 Å². The predicted molar refractivity (Wildman–Crippen MR) is 28.1 cm³/mol. The van der Waals surface area contributed by atoms with Crippen LogP contribution in [0.3, 0.4) is 0 Å². The normalized spacial score (nSPS) is 5.00. The summed E-state index contributed by atoms with van der Waals surface area (Å²) in [6, 6.07) is 0. The van der Waals surface area contributed by atoms with Gasteiger partial charge in [-0.3, -0.25) is 0 Å². The van der Waals surface area contributed by atoms with Gasteiger partial charge in [0.1, 0.15) is 0 Å². The molecule has 0 aromatic carbocycles. The summed E-state index contributed by atoms with van der Waals surface area (Å²) in [5.74, 6) is 0. The summed E-state index contributed by atoms with van der Waals surface area (Å²) in [6.45, 7) is 0. The first kappa shape index (κ1) is 29.6. The van der Waals surface area contributed by atoms with E-state index in [9.17, 15) is 0 Å². The van der Waals surface area contributed by atoms with E-state index in [4.69, 9.17) is 4.45 Å². The number of halogens is 3. The number of rotatable bonds is 1. The Kier molecular flexibility index (Phi) is 101. The van der Waals surface area contributed by atoms with Gasteiger partial charge in [0.2, 0.25) is 0 Å². The van der Waals surface area contributed by atoms with Crippen LogP contribution < -0.4 is 37.2 Å². The maximum absolute atomic E-state index is 5.22. The molecule has 51 valence electrons. The summed E-state index contributed by atoms with van der Waals surface area (Å²) in [7, 11) is 0. The molecule has 0 aliphatic rings. The molecule has 0 atom stereocenters. The summed E-state index contributed by atoms with van der Waals surface area (Å²) in [5.41, 5.74) is 0. The Morgan fingerprint density at radius 3 is 1.56 bits per heavy atom. The van der Waals surface area contributed by atoms with Crippen molar-refractivity contribution in [3.05, 3.63) is 8.05 Å². The fourth-order valence-electron chi connectivity index (χ4n) is 0.0430. The van der Waals surface area contributed by atoms with Crippen molar-refractivity contribution in [1.29, 1.82) is 0 Å². The first-order chi connectivity index (χ1) is 2.41. The second-order valence-electron chi connectivity index (χ2n) is 0.465. The molecule has 1 radical (unpaired) electrons. The van der Waals surface area contributed by atoms with Gasteiger partial charge in [-0.2, -0.15) is 0 Å². The van der Waals surface area contributed by atoms with Gasteiger partial charge in [-0.15, -0.1) is 0 Å². The average molecular weight is 481 g/mol. The van der Waals surface area contributed by atoms with Crippen LogP contribution in [0.5, 0.6) is 0 Å². The first-order valence-electron chi connectivity index (χ1n) is 1.14. The molecule has 0 aliphatic heterocycles. The standard InChI is InChI=1S/C2H2.CH.3ClH.2Sb.Zr.H/c1-2;;;;;;;;/h1-2H;4*1H;;;;/q;-1;;;;;;+4;/p-3. The molecule has 0 unspecified atom stereocenters. The third-order valence-electron chi connectivity index (χ3n) is 0.161. The summed E-state index contributed by atoms with van der Waals surface area (Å²) in [5, 5.41) is 0. The topological polar surface area (TPSA) is 0 Å². The molecule has 0 rings (SSSR count). The second kappa shape index (κ2) is 30.6. The van der Waals surface area contributed by atoms with Crippen LogP contribution >= 0.6 is 0 Å². The van der Waals surface area contributed by atoms with Crippen LogP contribution in [0.4, 0.5) is 0 Å². The van der Waals surface area contributed by atoms with Crippen LogP contribution in [0.15, 0.2) is 8.05 Å². The maximum atomic E-state index is 5.22. The molecule has 0 heterocycles. The van der Waals surface area contributed by atoms with Gasteiger partial charge >= 0.3 is 82.9 Å².